The molecule has 4 fully saturated rings. The number of aromatic hydroxyl groups is 1. The second-order valence-corrected chi connectivity index (χ2v) is 13.6. The van der Waals surface area contributed by atoms with Crippen LogP contribution in [0.1, 0.15) is 51.5 Å². The molecule has 3 aliphatic heterocycles. The third kappa shape index (κ3) is 4.32. The number of halogens is 2. The third-order valence-corrected chi connectivity index (χ3v) is 10.6. The Morgan fingerprint density at radius 2 is 2.00 bits per heavy atom. The average Bonchev–Trinajstić information content (AvgIpc) is 3.38. The average molecular weight is 602 g/mol. The number of β-amino-alcohol motifs (C(OH)–C–C–N with tert-alkyl or cyclic N) is 1. The monoisotopic (exact) mass is 601 g/mol. The fourth-order valence-electron chi connectivity index (χ4n) is 8.40. The number of hydrogen-bond donors (Lipinski definition) is 2. The Labute approximate surface area is 254 Å². The Morgan fingerprint density at radius 1 is 1.14 bits per heavy atom. The molecule has 4 aliphatic rings. The second kappa shape index (κ2) is 9.94. The van der Waals surface area contributed by atoms with E-state index in [1.54, 1.807) is 18.3 Å². The van der Waals surface area contributed by atoms with Crippen LogP contribution in [0.4, 0.5) is 14.6 Å². The smallest absolute Gasteiger partial charge is 0.319 e. The van der Waals surface area contributed by atoms with E-state index in [9.17, 15) is 14.6 Å². The molecular weight excluding hydrogens is 564 g/mol. The first-order chi connectivity index (χ1) is 21.2. The first-order valence-electron chi connectivity index (χ1n) is 15.8. The number of anilines is 1. The predicted octanol–water partition coefficient (Wildman–Crippen LogP) is 5.61. The Bertz CT molecular complexity index is 1820. The number of pyridine rings is 1. The summed E-state index contributed by atoms with van der Waals surface area (Å²) in [5, 5.41) is 23.1. The quantitative estimate of drug-likeness (QED) is 0.295. The zero-order chi connectivity index (χ0) is 30.4. The molecule has 8 rings (SSSR count). The van der Waals surface area contributed by atoms with Crippen LogP contribution in [-0.2, 0) is 6.42 Å². The Hall–Kier alpha value is -3.63. The van der Waals surface area contributed by atoms with Gasteiger partial charge in [-0.25, -0.2) is 8.78 Å². The van der Waals surface area contributed by atoms with Crippen molar-refractivity contribution in [3.05, 3.63) is 47.7 Å². The summed E-state index contributed by atoms with van der Waals surface area (Å²) in [4.78, 5) is 18.5. The lowest BCUT2D eigenvalue weighted by molar-refractivity contribution is 0.107. The Morgan fingerprint density at radius 3 is 2.82 bits per heavy atom. The molecule has 44 heavy (non-hydrogen) atoms. The van der Waals surface area contributed by atoms with Crippen molar-refractivity contribution >= 4 is 27.5 Å². The minimum Gasteiger partial charge on any atom is -0.508 e. The summed E-state index contributed by atoms with van der Waals surface area (Å²) in [5.41, 5.74) is -0.0785. The summed E-state index contributed by atoms with van der Waals surface area (Å²) >= 11 is 0. The summed E-state index contributed by atoms with van der Waals surface area (Å²) < 4.78 is 38.1. The van der Waals surface area contributed by atoms with E-state index in [2.05, 4.69) is 21.8 Å². The van der Waals surface area contributed by atoms with Crippen molar-refractivity contribution in [3.63, 3.8) is 0 Å². The van der Waals surface area contributed by atoms with Crippen molar-refractivity contribution in [2.24, 2.45) is 11.8 Å². The minimum atomic E-state index is -0.757. The van der Waals surface area contributed by atoms with Gasteiger partial charge in [-0.15, -0.1) is 0 Å². The molecule has 0 radical (unpaired) electrons. The van der Waals surface area contributed by atoms with E-state index in [4.69, 9.17) is 9.72 Å². The van der Waals surface area contributed by atoms with Gasteiger partial charge >= 0.3 is 6.01 Å². The van der Waals surface area contributed by atoms with Crippen LogP contribution in [0.15, 0.2) is 30.5 Å². The number of ether oxygens (including phenoxy) is 1. The van der Waals surface area contributed by atoms with Gasteiger partial charge in [-0.1, -0.05) is 19.9 Å². The van der Waals surface area contributed by atoms with Gasteiger partial charge < -0.3 is 19.8 Å². The van der Waals surface area contributed by atoms with E-state index >= 15 is 4.39 Å². The number of phenols is 1. The second-order valence-electron chi connectivity index (χ2n) is 13.6. The Kier molecular flexibility index (Phi) is 6.30. The standard InChI is InChI=1S/C34H37F2N5O3/c1-3-23-26(35)6-5-20-11-22(42)12-24(27(20)23)29-28(36)30-25(15-37-29)31(40-10-7-21-14-34(21,43)17-40)39-32(38-30)44-18-33-8-4-9-41(33)16-19(2)13-33/h5-6,11-12,15,19,21,42-43H,3-4,7-10,13-14,16-18H2,1-2H3/t19-,21?,33+,34?/m1/s1. The van der Waals surface area contributed by atoms with Gasteiger partial charge in [-0.3, -0.25) is 9.88 Å². The zero-order valence-corrected chi connectivity index (χ0v) is 25.1. The van der Waals surface area contributed by atoms with Crippen molar-refractivity contribution in [2.45, 2.75) is 63.5 Å². The summed E-state index contributed by atoms with van der Waals surface area (Å²) in [6, 6.07) is 6.02. The maximum Gasteiger partial charge on any atom is 0.319 e. The first kappa shape index (κ1) is 27.9. The van der Waals surface area contributed by atoms with E-state index < -0.39 is 17.2 Å². The van der Waals surface area contributed by atoms with Gasteiger partial charge in [-0.2, -0.15) is 9.97 Å². The molecule has 5 heterocycles. The van der Waals surface area contributed by atoms with Crippen LogP contribution in [0.25, 0.3) is 32.9 Å². The van der Waals surface area contributed by atoms with E-state index in [1.807, 2.05) is 11.8 Å². The van der Waals surface area contributed by atoms with Crippen molar-refractivity contribution in [1.29, 1.82) is 0 Å². The van der Waals surface area contributed by atoms with Crippen molar-refractivity contribution in [3.8, 4) is 23.0 Å². The molecular formula is C34H37F2N5O3. The number of rotatable bonds is 6. The summed E-state index contributed by atoms with van der Waals surface area (Å²) in [5.74, 6) is 0.201. The van der Waals surface area contributed by atoms with Gasteiger partial charge in [0.15, 0.2) is 5.82 Å². The topological polar surface area (TPSA) is 94.8 Å². The molecule has 0 spiro atoms. The molecule has 1 saturated carbocycles. The van der Waals surface area contributed by atoms with Gasteiger partial charge in [0.1, 0.15) is 35.2 Å². The number of piperidine rings is 1. The van der Waals surface area contributed by atoms with Crippen LogP contribution in [0.2, 0.25) is 0 Å². The van der Waals surface area contributed by atoms with Gasteiger partial charge in [0.25, 0.3) is 0 Å². The normalized spacial score (nSPS) is 28.1. The molecule has 4 atom stereocenters. The van der Waals surface area contributed by atoms with Crippen LogP contribution >= 0.6 is 0 Å². The molecule has 230 valence electrons. The molecule has 2 N–H and O–H groups in total. The van der Waals surface area contributed by atoms with E-state index in [1.165, 1.54) is 12.1 Å². The van der Waals surface area contributed by atoms with E-state index in [0.29, 0.717) is 65.1 Å². The van der Waals surface area contributed by atoms with Crippen LogP contribution in [0.3, 0.4) is 0 Å². The zero-order valence-electron chi connectivity index (χ0n) is 25.1. The van der Waals surface area contributed by atoms with E-state index in [0.717, 1.165) is 45.2 Å². The lowest BCUT2D eigenvalue weighted by atomic mass is 9.92. The van der Waals surface area contributed by atoms with Crippen LogP contribution in [-0.4, -0.2) is 74.0 Å². The molecule has 2 aromatic heterocycles. The van der Waals surface area contributed by atoms with Crippen molar-refractivity contribution in [2.75, 3.05) is 37.7 Å². The van der Waals surface area contributed by atoms with Crippen LogP contribution in [0, 0.1) is 23.5 Å². The molecule has 0 amide bonds. The first-order valence-corrected chi connectivity index (χ1v) is 15.8. The van der Waals surface area contributed by atoms with Crippen molar-refractivity contribution in [1.82, 2.24) is 19.9 Å². The number of hydrogen-bond acceptors (Lipinski definition) is 8. The van der Waals surface area contributed by atoms with Gasteiger partial charge in [0, 0.05) is 31.4 Å². The van der Waals surface area contributed by atoms with Gasteiger partial charge in [-0.05, 0) is 91.4 Å². The highest BCUT2D eigenvalue weighted by Gasteiger charge is 2.56. The highest BCUT2D eigenvalue weighted by Crippen LogP contribution is 2.50. The highest BCUT2D eigenvalue weighted by molar-refractivity contribution is 6.01. The number of aromatic nitrogens is 3. The lowest BCUT2D eigenvalue weighted by Gasteiger charge is -2.33. The number of nitrogens with zero attached hydrogens (tertiary/aromatic N) is 5. The van der Waals surface area contributed by atoms with Gasteiger partial charge in [0.05, 0.1) is 16.5 Å². The number of aliphatic hydroxyl groups is 1. The number of aryl methyl sites for hydroxylation is 1. The molecule has 10 heteroatoms. The Balaban J connectivity index is 1.27. The molecule has 4 aromatic rings. The fourth-order valence-corrected chi connectivity index (χ4v) is 8.40. The maximum absolute atomic E-state index is 16.8. The molecule has 1 aliphatic carbocycles. The molecule has 2 unspecified atom stereocenters. The summed E-state index contributed by atoms with van der Waals surface area (Å²) in [6.45, 7) is 7.70. The lowest BCUT2D eigenvalue weighted by Crippen LogP contribution is -2.43. The molecule has 2 aromatic carbocycles. The molecule has 0 bridgehead atoms. The SMILES string of the molecule is CCc1c(F)ccc2cc(O)cc(-c3ncc4c(N5CCC6CC6(O)C5)nc(OC[C@@]56CCCN5C[C@H](C)C6)nc4c3F)c12. The van der Waals surface area contributed by atoms with Crippen LogP contribution in [0.5, 0.6) is 11.8 Å². The summed E-state index contributed by atoms with van der Waals surface area (Å²) in [7, 11) is 0. The number of phenolic OH excluding ortho intramolecular Hbond substituents is 1. The minimum absolute atomic E-state index is 0.0287. The van der Waals surface area contributed by atoms with Crippen LogP contribution < -0.4 is 9.64 Å². The predicted molar refractivity (Wildman–Crippen MR) is 164 cm³/mol. The molecule has 3 saturated heterocycles. The maximum atomic E-state index is 16.8. The van der Waals surface area contributed by atoms with E-state index in [-0.39, 0.29) is 34.4 Å². The number of fused-ring (bicyclic) bond motifs is 4. The fraction of sp³-hybridized carbons (Fsp3) is 0.500. The third-order valence-electron chi connectivity index (χ3n) is 10.6. The highest BCUT2D eigenvalue weighted by atomic mass is 19.1. The largest absolute Gasteiger partial charge is 0.508 e. The van der Waals surface area contributed by atoms with Crippen molar-refractivity contribution < 1.29 is 23.7 Å². The van der Waals surface area contributed by atoms with Gasteiger partial charge in [0.2, 0.25) is 0 Å². The summed E-state index contributed by atoms with van der Waals surface area (Å²) in [6.07, 6.45) is 6.71. The number of benzene rings is 2. The molecule has 8 nitrogen and oxygen atoms in total.